The van der Waals surface area contributed by atoms with Crippen LogP contribution in [0.2, 0.25) is 0 Å². The van der Waals surface area contributed by atoms with Crippen LogP contribution in [0.3, 0.4) is 0 Å². The minimum atomic E-state index is -5.23. The summed E-state index contributed by atoms with van der Waals surface area (Å²) >= 11 is 0. The fourth-order valence-corrected chi connectivity index (χ4v) is 1.07. The molecule has 0 fully saturated rings. The Labute approximate surface area is 100 Å². The Morgan fingerprint density at radius 2 is 1.79 bits per heavy atom. The van der Waals surface area contributed by atoms with Crippen LogP contribution in [0.1, 0.15) is 0 Å². The molecule has 0 aromatic heterocycles. The van der Waals surface area contributed by atoms with Crippen molar-refractivity contribution in [3.8, 4) is 6.07 Å². The summed E-state index contributed by atoms with van der Waals surface area (Å²) in [4.78, 5) is -1.68. The molecule has 0 aliphatic rings. The van der Waals surface area contributed by atoms with Crippen LogP contribution in [0.15, 0.2) is 10.7 Å². The third kappa shape index (κ3) is 4.32. The van der Waals surface area contributed by atoms with E-state index in [1.807, 2.05) is 0 Å². The molecule has 14 heavy (non-hydrogen) atoms. The van der Waals surface area contributed by atoms with Crippen LogP contribution in [0.5, 0.6) is 0 Å². The molecule has 0 bridgehead atoms. The fourth-order valence-electron chi connectivity index (χ4n) is 0.440. The maximum atomic E-state index is 11.7. The minimum absolute atomic E-state index is 0. The molecule has 0 aliphatic carbocycles. The molecule has 0 aliphatic heterocycles. The van der Waals surface area contributed by atoms with Crippen LogP contribution in [0, 0.1) is 11.3 Å². The molecule has 0 rings (SSSR count). The SMILES string of the molecule is CS(=O)(=O)/C(C#N)=C(/O)C(F)(F)F.[NaH]. The van der Waals surface area contributed by atoms with Gasteiger partial charge in [0.1, 0.15) is 6.07 Å². The predicted octanol–water partition coefficient (Wildman–Crippen LogP) is 0.238. The summed E-state index contributed by atoms with van der Waals surface area (Å²) in [6.45, 7) is 0. The molecule has 4 nitrogen and oxygen atoms in total. The summed E-state index contributed by atoms with van der Waals surface area (Å²) in [5.74, 6) is -2.39. The van der Waals surface area contributed by atoms with Crippen molar-refractivity contribution < 1.29 is 26.7 Å². The van der Waals surface area contributed by atoms with Crippen LogP contribution in [-0.2, 0) is 9.84 Å². The third-order valence-corrected chi connectivity index (χ3v) is 1.98. The topological polar surface area (TPSA) is 78.2 Å². The number of aliphatic hydroxyl groups excluding tert-OH is 1. The Bertz CT molecular complexity index is 378. The van der Waals surface area contributed by atoms with Gasteiger partial charge in [-0.25, -0.2) is 8.42 Å². The van der Waals surface area contributed by atoms with Crippen LogP contribution in [0.25, 0.3) is 0 Å². The molecular formula is C5H5F3NNaO3S. The molecular weight excluding hydrogens is 234 g/mol. The summed E-state index contributed by atoms with van der Waals surface area (Å²) in [7, 11) is -4.35. The molecule has 76 valence electrons. The van der Waals surface area contributed by atoms with Gasteiger partial charge in [0.15, 0.2) is 14.7 Å². The van der Waals surface area contributed by atoms with Gasteiger partial charge in [0.25, 0.3) is 0 Å². The molecule has 0 saturated heterocycles. The second-order valence-electron chi connectivity index (χ2n) is 2.06. The molecule has 1 N–H and O–H groups in total. The van der Waals surface area contributed by atoms with E-state index in [0.29, 0.717) is 6.26 Å². The Kier molecular flexibility index (Phi) is 5.81. The van der Waals surface area contributed by atoms with Gasteiger partial charge >= 0.3 is 35.7 Å². The zero-order valence-electron chi connectivity index (χ0n) is 6.25. The van der Waals surface area contributed by atoms with E-state index < -0.39 is 26.7 Å². The average molecular weight is 239 g/mol. The zero-order chi connectivity index (χ0) is 10.9. The van der Waals surface area contributed by atoms with Crippen molar-refractivity contribution in [1.82, 2.24) is 0 Å². The first-order valence-corrected chi connectivity index (χ1v) is 4.60. The van der Waals surface area contributed by atoms with E-state index in [2.05, 4.69) is 0 Å². The predicted molar refractivity (Wildman–Crippen MR) is 43.3 cm³/mol. The van der Waals surface area contributed by atoms with Gasteiger partial charge in [-0.05, 0) is 0 Å². The molecule has 0 radical (unpaired) electrons. The van der Waals surface area contributed by atoms with E-state index in [0.717, 1.165) is 6.07 Å². The van der Waals surface area contributed by atoms with E-state index >= 15 is 0 Å². The third-order valence-electron chi connectivity index (χ3n) is 0.956. The van der Waals surface area contributed by atoms with E-state index in [9.17, 15) is 21.6 Å². The molecule has 0 amide bonds. The standard InChI is InChI=1S/C5H4F3NO3S.Na.H/c1-13(11,12)3(2-9)4(10)5(6,7)8;;/h10H,1H3;;/b4-3+;;. The summed E-state index contributed by atoms with van der Waals surface area (Å²) < 4.78 is 56.1. The maximum absolute atomic E-state index is 11.7. The van der Waals surface area contributed by atoms with Gasteiger partial charge in [-0.2, -0.15) is 18.4 Å². The van der Waals surface area contributed by atoms with Crippen molar-refractivity contribution in [1.29, 1.82) is 5.26 Å². The number of alkyl halides is 3. The molecule has 0 aromatic rings. The number of rotatable bonds is 1. The number of nitriles is 1. The first-order valence-electron chi connectivity index (χ1n) is 2.71. The summed E-state index contributed by atoms with van der Waals surface area (Å²) in [5, 5.41) is 16.4. The van der Waals surface area contributed by atoms with E-state index in [-0.39, 0.29) is 29.6 Å². The first kappa shape index (κ1) is 16.2. The van der Waals surface area contributed by atoms with Crippen LogP contribution in [0.4, 0.5) is 13.2 Å². The number of nitrogens with zero attached hydrogens (tertiary/aromatic N) is 1. The van der Waals surface area contributed by atoms with Crippen molar-refractivity contribution in [2.75, 3.05) is 6.26 Å². The second kappa shape index (κ2) is 5.02. The molecule has 0 spiro atoms. The molecule has 0 aromatic carbocycles. The first-order chi connectivity index (χ1) is 5.60. The van der Waals surface area contributed by atoms with Gasteiger partial charge < -0.3 is 5.11 Å². The van der Waals surface area contributed by atoms with Crippen molar-refractivity contribution in [3.63, 3.8) is 0 Å². The van der Waals surface area contributed by atoms with Crippen LogP contribution in [-0.4, -0.2) is 55.5 Å². The van der Waals surface area contributed by atoms with Crippen molar-refractivity contribution >= 4 is 39.4 Å². The van der Waals surface area contributed by atoms with Crippen LogP contribution < -0.4 is 0 Å². The van der Waals surface area contributed by atoms with Gasteiger partial charge in [0, 0.05) is 6.26 Å². The number of allylic oxidation sites excluding steroid dienone is 2. The molecule has 9 heteroatoms. The molecule has 0 atom stereocenters. The van der Waals surface area contributed by atoms with E-state index in [1.165, 1.54) is 0 Å². The average Bonchev–Trinajstić information content (AvgIpc) is 1.83. The normalized spacial score (nSPS) is 13.6. The van der Waals surface area contributed by atoms with Crippen molar-refractivity contribution in [3.05, 3.63) is 10.7 Å². The molecule has 0 heterocycles. The Balaban J connectivity index is 0. The second-order valence-corrected chi connectivity index (χ2v) is 4.01. The number of hydrogen-bond acceptors (Lipinski definition) is 4. The van der Waals surface area contributed by atoms with Gasteiger partial charge in [-0.15, -0.1) is 0 Å². The van der Waals surface area contributed by atoms with Gasteiger partial charge in [0.05, 0.1) is 0 Å². The summed E-state index contributed by atoms with van der Waals surface area (Å²) in [5.41, 5.74) is 0. The summed E-state index contributed by atoms with van der Waals surface area (Å²) in [6, 6.07) is 0.770. The van der Waals surface area contributed by atoms with Gasteiger partial charge in [-0.1, -0.05) is 0 Å². The summed E-state index contributed by atoms with van der Waals surface area (Å²) in [6.07, 6.45) is -4.83. The number of aliphatic hydroxyl groups is 1. The Morgan fingerprint density at radius 3 is 1.86 bits per heavy atom. The number of halogens is 3. The Hall–Kier alpha value is -0.230. The van der Waals surface area contributed by atoms with Crippen molar-refractivity contribution in [2.24, 2.45) is 0 Å². The van der Waals surface area contributed by atoms with Gasteiger partial charge in [0.2, 0.25) is 5.76 Å². The quantitative estimate of drug-likeness (QED) is 0.404. The van der Waals surface area contributed by atoms with Crippen LogP contribution >= 0.6 is 0 Å². The zero-order valence-corrected chi connectivity index (χ0v) is 7.07. The van der Waals surface area contributed by atoms with Gasteiger partial charge in [-0.3, -0.25) is 0 Å². The Morgan fingerprint density at radius 1 is 1.43 bits per heavy atom. The fraction of sp³-hybridized carbons (Fsp3) is 0.400. The number of hydrogen-bond donors (Lipinski definition) is 1. The monoisotopic (exact) mass is 239 g/mol. The van der Waals surface area contributed by atoms with E-state index in [1.54, 1.807) is 0 Å². The molecule has 0 saturated carbocycles. The number of sulfone groups is 1. The van der Waals surface area contributed by atoms with Crippen molar-refractivity contribution in [2.45, 2.75) is 6.18 Å². The van der Waals surface area contributed by atoms with E-state index in [4.69, 9.17) is 10.4 Å². The molecule has 0 unspecified atom stereocenters.